The third kappa shape index (κ3) is 2.81. The minimum atomic E-state index is -0.343. The van der Waals surface area contributed by atoms with Crippen LogP contribution in [0.15, 0.2) is 22.0 Å². The van der Waals surface area contributed by atoms with Gasteiger partial charge in [0, 0.05) is 38.1 Å². The van der Waals surface area contributed by atoms with E-state index in [1.54, 1.807) is 43.1 Å². The number of imidazole rings is 1. The van der Waals surface area contributed by atoms with Gasteiger partial charge >= 0.3 is 11.7 Å². The summed E-state index contributed by atoms with van der Waals surface area (Å²) in [5, 5.41) is 0. The van der Waals surface area contributed by atoms with Crippen molar-refractivity contribution in [1.82, 2.24) is 28.7 Å². The third-order valence-corrected chi connectivity index (χ3v) is 4.16. The molecule has 0 unspecified atom stereocenters. The van der Waals surface area contributed by atoms with Gasteiger partial charge in [-0.15, -0.1) is 0 Å². The van der Waals surface area contributed by atoms with E-state index in [0.717, 1.165) is 5.56 Å². The molecule has 9 nitrogen and oxygen atoms in total. The molecule has 0 atom stereocenters. The van der Waals surface area contributed by atoms with Crippen LogP contribution in [0.5, 0.6) is 6.01 Å². The first kappa shape index (κ1) is 17.6. The van der Waals surface area contributed by atoms with E-state index in [1.165, 1.54) is 16.2 Å². The SMILES string of the molecule is CCn1c(=O)c2c(nc(/C=C/c3cnc(OC)nc3)n2C)n(CC)c1=O. The number of ether oxygens (including phenoxy) is 1. The third-order valence-electron chi connectivity index (χ3n) is 4.16. The molecule has 26 heavy (non-hydrogen) atoms. The highest BCUT2D eigenvalue weighted by molar-refractivity contribution is 5.76. The number of methoxy groups -OCH3 is 1. The molecule has 0 amide bonds. The van der Waals surface area contributed by atoms with E-state index in [9.17, 15) is 9.59 Å². The van der Waals surface area contributed by atoms with Gasteiger partial charge < -0.3 is 9.30 Å². The zero-order valence-electron chi connectivity index (χ0n) is 15.1. The standard InChI is InChI=1S/C17H20N6O3/c1-5-22-14-13(15(24)23(6-2)17(22)25)21(3)12(20-14)8-7-11-9-18-16(26-4)19-10-11/h7-10H,5-6H2,1-4H3/b8-7+. The molecule has 136 valence electrons. The minimum absolute atomic E-state index is 0.289. The average molecular weight is 356 g/mol. The highest BCUT2D eigenvalue weighted by Crippen LogP contribution is 2.13. The van der Waals surface area contributed by atoms with Gasteiger partial charge in [-0.1, -0.05) is 0 Å². The van der Waals surface area contributed by atoms with Crippen molar-refractivity contribution in [2.24, 2.45) is 7.05 Å². The van der Waals surface area contributed by atoms with Gasteiger partial charge in [-0.3, -0.25) is 13.9 Å². The van der Waals surface area contributed by atoms with Crippen molar-refractivity contribution in [1.29, 1.82) is 0 Å². The molecule has 0 fully saturated rings. The quantitative estimate of drug-likeness (QED) is 0.674. The number of aromatic nitrogens is 6. The van der Waals surface area contributed by atoms with Crippen molar-refractivity contribution in [3.63, 3.8) is 0 Å². The van der Waals surface area contributed by atoms with Crippen LogP contribution in [0, 0.1) is 0 Å². The number of hydrogen-bond donors (Lipinski definition) is 0. The van der Waals surface area contributed by atoms with Crippen molar-refractivity contribution >= 4 is 23.3 Å². The first-order valence-corrected chi connectivity index (χ1v) is 8.26. The van der Waals surface area contributed by atoms with Gasteiger partial charge in [0.15, 0.2) is 11.2 Å². The van der Waals surface area contributed by atoms with Crippen LogP contribution in [-0.4, -0.2) is 35.8 Å². The molecule has 3 aromatic heterocycles. The Balaban J connectivity index is 2.14. The Morgan fingerprint density at radius 2 is 1.73 bits per heavy atom. The summed E-state index contributed by atoms with van der Waals surface area (Å²) in [5.41, 5.74) is 0.875. The fourth-order valence-electron chi connectivity index (χ4n) is 2.78. The maximum atomic E-state index is 12.7. The summed E-state index contributed by atoms with van der Waals surface area (Å²) in [6.07, 6.45) is 6.78. The molecule has 9 heteroatoms. The normalized spacial score (nSPS) is 11.5. The topological polar surface area (TPSA) is 96.8 Å². The second-order valence-corrected chi connectivity index (χ2v) is 5.61. The van der Waals surface area contributed by atoms with Crippen LogP contribution in [0.1, 0.15) is 25.2 Å². The van der Waals surface area contributed by atoms with Gasteiger partial charge in [-0.2, -0.15) is 0 Å². The highest BCUT2D eigenvalue weighted by Gasteiger charge is 2.17. The molecule has 3 heterocycles. The molecule has 0 aliphatic heterocycles. The maximum Gasteiger partial charge on any atom is 0.332 e. The lowest BCUT2D eigenvalue weighted by Crippen LogP contribution is -2.39. The molecular weight excluding hydrogens is 336 g/mol. The zero-order chi connectivity index (χ0) is 18.8. The first-order valence-electron chi connectivity index (χ1n) is 8.26. The van der Waals surface area contributed by atoms with Crippen LogP contribution in [0.3, 0.4) is 0 Å². The van der Waals surface area contributed by atoms with Gasteiger partial charge in [0.05, 0.1) is 7.11 Å². The predicted octanol–water partition coefficient (Wildman–Crippen LogP) is 0.905. The van der Waals surface area contributed by atoms with Crippen LogP contribution < -0.4 is 16.0 Å². The Morgan fingerprint density at radius 3 is 2.31 bits per heavy atom. The molecule has 0 saturated carbocycles. The van der Waals surface area contributed by atoms with E-state index in [2.05, 4.69) is 15.0 Å². The first-order chi connectivity index (χ1) is 12.5. The van der Waals surface area contributed by atoms with Crippen molar-refractivity contribution in [2.45, 2.75) is 26.9 Å². The monoisotopic (exact) mass is 356 g/mol. The average Bonchev–Trinajstić information content (AvgIpc) is 2.97. The van der Waals surface area contributed by atoms with E-state index in [4.69, 9.17) is 4.74 Å². The molecule has 0 aliphatic carbocycles. The van der Waals surface area contributed by atoms with Gasteiger partial charge in [-0.05, 0) is 26.0 Å². The summed E-state index contributed by atoms with van der Waals surface area (Å²) < 4.78 is 9.35. The van der Waals surface area contributed by atoms with Gasteiger partial charge in [-0.25, -0.2) is 19.7 Å². The fraction of sp³-hybridized carbons (Fsp3) is 0.353. The van der Waals surface area contributed by atoms with E-state index >= 15 is 0 Å². The Hall–Kier alpha value is -3.23. The van der Waals surface area contributed by atoms with Crippen LogP contribution in [0.4, 0.5) is 0 Å². The van der Waals surface area contributed by atoms with Crippen LogP contribution in [-0.2, 0) is 20.1 Å². The molecule has 0 spiro atoms. The summed E-state index contributed by atoms with van der Waals surface area (Å²) in [6, 6.07) is 0.289. The van der Waals surface area contributed by atoms with Crippen LogP contribution >= 0.6 is 0 Å². The van der Waals surface area contributed by atoms with Crippen molar-refractivity contribution in [2.75, 3.05) is 7.11 Å². The van der Waals surface area contributed by atoms with Crippen molar-refractivity contribution in [3.05, 3.63) is 44.6 Å². The molecule has 0 bridgehead atoms. The lowest BCUT2D eigenvalue weighted by molar-refractivity contribution is 0.379. The molecular formula is C17H20N6O3. The van der Waals surface area contributed by atoms with E-state index in [-0.39, 0.29) is 17.3 Å². The highest BCUT2D eigenvalue weighted by atomic mass is 16.5. The predicted molar refractivity (Wildman–Crippen MR) is 98.1 cm³/mol. The van der Waals surface area contributed by atoms with E-state index < -0.39 is 0 Å². The van der Waals surface area contributed by atoms with Crippen LogP contribution in [0.2, 0.25) is 0 Å². The summed E-state index contributed by atoms with van der Waals surface area (Å²) >= 11 is 0. The molecule has 0 radical (unpaired) electrons. The second-order valence-electron chi connectivity index (χ2n) is 5.61. The summed E-state index contributed by atoms with van der Waals surface area (Å²) in [6.45, 7) is 4.37. The Kier molecular flexibility index (Phi) is 4.70. The van der Waals surface area contributed by atoms with Gasteiger partial charge in [0.1, 0.15) is 5.82 Å². The molecule has 0 aliphatic rings. The Labute approximate surface area is 149 Å². The number of nitrogens with zero attached hydrogens (tertiary/aromatic N) is 6. The lowest BCUT2D eigenvalue weighted by atomic mass is 10.3. The Bertz CT molecular complexity index is 1090. The van der Waals surface area contributed by atoms with Gasteiger partial charge in [0.25, 0.3) is 5.56 Å². The number of fused-ring (bicyclic) bond motifs is 1. The van der Waals surface area contributed by atoms with Crippen LogP contribution in [0.25, 0.3) is 23.3 Å². The van der Waals surface area contributed by atoms with Crippen molar-refractivity contribution < 1.29 is 4.74 Å². The molecule has 3 rings (SSSR count). The lowest BCUT2D eigenvalue weighted by Gasteiger charge is -2.08. The van der Waals surface area contributed by atoms with Gasteiger partial charge in [0.2, 0.25) is 0 Å². The number of rotatable bonds is 5. The molecule has 0 saturated heterocycles. The number of aryl methyl sites for hydroxylation is 2. The molecule has 0 aromatic carbocycles. The second kappa shape index (κ2) is 6.95. The fourth-order valence-corrected chi connectivity index (χ4v) is 2.78. The minimum Gasteiger partial charge on any atom is -0.467 e. The smallest absolute Gasteiger partial charge is 0.332 e. The van der Waals surface area contributed by atoms with E-state index in [1.807, 2.05) is 6.92 Å². The largest absolute Gasteiger partial charge is 0.467 e. The van der Waals surface area contributed by atoms with E-state index in [0.29, 0.717) is 30.1 Å². The molecule has 3 aromatic rings. The Morgan fingerprint density at radius 1 is 1.08 bits per heavy atom. The summed E-state index contributed by atoms with van der Waals surface area (Å²) in [4.78, 5) is 37.7. The number of hydrogen-bond acceptors (Lipinski definition) is 6. The molecule has 0 N–H and O–H groups in total. The maximum absolute atomic E-state index is 12.7. The van der Waals surface area contributed by atoms with Crippen molar-refractivity contribution in [3.8, 4) is 6.01 Å². The summed E-state index contributed by atoms with van der Waals surface area (Å²) in [7, 11) is 3.26. The summed E-state index contributed by atoms with van der Waals surface area (Å²) in [5.74, 6) is 0.559. The zero-order valence-corrected chi connectivity index (χ0v) is 15.1.